The van der Waals surface area contributed by atoms with Crippen LogP contribution < -0.4 is 0 Å². The van der Waals surface area contributed by atoms with Gasteiger partial charge in [0.25, 0.3) is 0 Å². The number of fused-ring (bicyclic) bond motifs is 5. The minimum atomic E-state index is -5.38. The number of allylic oxidation sites excluding steroid dienone is 3. The Labute approximate surface area is 269 Å². The van der Waals surface area contributed by atoms with Gasteiger partial charge < -0.3 is 13.7 Å². The highest BCUT2D eigenvalue weighted by Gasteiger charge is 2.66. The van der Waals surface area contributed by atoms with Crippen LogP contribution in [0.2, 0.25) is 0 Å². The average molecular weight is 696 g/mol. The summed E-state index contributed by atoms with van der Waals surface area (Å²) < 4.78 is 120. The van der Waals surface area contributed by atoms with Crippen molar-refractivity contribution in [3.8, 4) is 0 Å². The van der Waals surface area contributed by atoms with Crippen LogP contribution in [0.1, 0.15) is 99.8 Å². The fourth-order valence-corrected chi connectivity index (χ4v) is 11.1. The summed E-state index contributed by atoms with van der Waals surface area (Å²) >= 11 is 0. The van der Waals surface area contributed by atoms with Crippen LogP contribution in [0.5, 0.6) is 0 Å². The second kappa shape index (κ2) is 11.9. The Morgan fingerprint density at radius 3 is 1.98 bits per heavy atom. The molecule has 12 nitrogen and oxygen atoms in total. The molecule has 0 saturated heterocycles. The molecule has 0 bridgehead atoms. The fourth-order valence-electron chi connectivity index (χ4n) is 9.57. The van der Waals surface area contributed by atoms with Gasteiger partial charge >= 0.3 is 0 Å². The van der Waals surface area contributed by atoms with Crippen molar-refractivity contribution in [2.75, 3.05) is 0 Å². The molecule has 0 N–H and O–H groups in total. The maximum atomic E-state index is 12.0. The highest BCUT2D eigenvalue weighted by atomic mass is 32.3. The van der Waals surface area contributed by atoms with E-state index in [1.54, 1.807) is 6.92 Å². The average Bonchev–Trinajstić information content (AvgIpc) is 3.11. The second-order valence-electron chi connectivity index (χ2n) is 15.6. The molecule has 0 aromatic rings. The van der Waals surface area contributed by atoms with Crippen molar-refractivity contribution in [2.45, 2.75) is 118 Å². The van der Waals surface area contributed by atoms with Crippen molar-refractivity contribution in [2.24, 2.45) is 45.3 Å². The summed E-state index contributed by atoms with van der Waals surface area (Å²) in [5.41, 5.74) is 0.488. The third-order valence-corrected chi connectivity index (χ3v) is 13.7. The Morgan fingerprint density at radius 1 is 0.911 bits per heavy atom. The van der Waals surface area contributed by atoms with E-state index >= 15 is 0 Å². The molecular weight excluding hydrogens is 649 g/mol. The van der Waals surface area contributed by atoms with E-state index in [1.165, 1.54) is 5.57 Å². The van der Waals surface area contributed by atoms with Gasteiger partial charge in [0.1, 0.15) is 12.2 Å². The predicted octanol–water partition coefficient (Wildman–Crippen LogP) is 4.73. The van der Waals surface area contributed by atoms with Gasteiger partial charge in [0.05, 0.1) is 6.10 Å². The van der Waals surface area contributed by atoms with Gasteiger partial charge in [0.15, 0.2) is 0 Å². The SMILES string of the molecule is C=C(CC[C@@H](C)[C@H]1CC[C@@]2(C)[C@@H]3C[C@H](OS(=O)(=O)[O-])[C@H]4C[C@H](OS(=O)(=O)[O-])[C@@H](OS(=O)(=O)[O-])C[C@]4(C)C3=CC[C@]12C)C(C)(C)C. The van der Waals surface area contributed by atoms with Crippen LogP contribution in [0.3, 0.4) is 0 Å². The van der Waals surface area contributed by atoms with Crippen molar-refractivity contribution in [1.29, 1.82) is 0 Å². The van der Waals surface area contributed by atoms with E-state index in [0.717, 1.165) is 31.3 Å². The Balaban J connectivity index is 1.75. The van der Waals surface area contributed by atoms with E-state index in [4.69, 9.17) is 8.37 Å². The van der Waals surface area contributed by atoms with Gasteiger partial charge in [-0.3, -0.25) is 12.5 Å². The number of rotatable bonds is 10. The zero-order valence-electron chi connectivity index (χ0n) is 27.1. The number of hydrogen-bond donors (Lipinski definition) is 0. The molecule has 0 spiro atoms. The summed E-state index contributed by atoms with van der Waals surface area (Å²) in [4.78, 5) is 0. The minimum absolute atomic E-state index is 0.0101. The third-order valence-electron chi connectivity index (χ3n) is 12.3. The largest absolute Gasteiger partial charge is 0.726 e. The molecule has 4 aliphatic rings. The summed E-state index contributed by atoms with van der Waals surface area (Å²) in [5, 5.41) is 0. The molecule has 0 aromatic heterocycles. The van der Waals surface area contributed by atoms with E-state index in [2.05, 4.69) is 58.4 Å². The summed E-state index contributed by atoms with van der Waals surface area (Å²) in [6.07, 6.45) is 1.36. The summed E-state index contributed by atoms with van der Waals surface area (Å²) in [6, 6.07) is 0. The first-order chi connectivity index (χ1) is 20.2. The van der Waals surface area contributed by atoms with Gasteiger partial charge in [-0.1, -0.05) is 72.3 Å². The molecule has 4 rings (SSSR count). The zero-order valence-corrected chi connectivity index (χ0v) is 29.6. The Morgan fingerprint density at radius 2 is 1.44 bits per heavy atom. The highest BCUT2D eigenvalue weighted by Crippen LogP contribution is 2.72. The molecule has 15 heteroatoms. The van der Waals surface area contributed by atoms with Gasteiger partial charge in [0, 0.05) is 0 Å². The monoisotopic (exact) mass is 695 g/mol. The predicted molar refractivity (Wildman–Crippen MR) is 161 cm³/mol. The van der Waals surface area contributed by atoms with Crippen LogP contribution in [-0.4, -0.2) is 57.2 Å². The van der Waals surface area contributed by atoms with Crippen LogP contribution >= 0.6 is 0 Å². The normalized spacial score (nSPS) is 39.7. The third kappa shape index (κ3) is 7.41. The van der Waals surface area contributed by atoms with Crippen LogP contribution in [0.15, 0.2) is 23.8 Å². The van der Waals surface area contributed by atoms with Crippen LogP contribution in [0, 0.1) is 45.3 Å². The maximum absolute atomic E-state index is 12.0. The van der Waals surface area contributed by atoms with Gasteiger partial charge in [-0.2, -0.15) is 0 Å². The van der Waals surface area contributed by atoms with Crippen molar-refractivity contribution < 1.29 is 51.5 Å². The van der Waals surface area contributed by atoms with E-state index in [0.29, 0.717) is 18.3 Å². The lowest BCUT2D eigenvalue weighted by Crippen LogP contribution is -2.60. The lowest BCUT2D eigenvalue weighted by molar-refractivity contribution is -0.122. The van der Waals surface area contributed by atoms with Crippen LogP contribution in [0.4, 0.5) is 0 Å². The molecule has 0 radical (unpaired) electrons. The first-order valence-corrected chi connectivity index (χ1v) is 19.5. The van der Waals surface area contributed by atoms with Gasteiger partial charge in [0.2, 0.25) is 31.2 Å². The minimum Gasteiger partial charge on any atom is -0.726 e. The Hall–Kier alpha value is -0.910. The molecule has 0 amide bonds. The first-order valence-electron chi connectivity index (χ1n) is 15.5. The summed E-state index contributed by atoms with van der Waals surface area (Å²) in [5.74, 6) is -0.420. The maximum Gasteiger partial charge on any atom is 0.217 e. The molecule has 0 heterocycles. The standard InChI is InChI=1S/C30H50O12S3/c1-18(9-10-19(2)27(3,4)5)20-11-13-30(8)22-15-24(40-43(31,32)33)23-16-25(41-44(34,35)36)26(42-45(37,38)39)17-28(23,6)21(22)12-14-29(20,30)7/h12,18,20,22-26H,2,9-11,13-17H2,1,3-8H3,(H,31,32,33)(H,34,35,36)(H,37,38,39)/p-3/t18-,20-,22-,23-,24+,25+,26+,28-,29-,30+/m1/s1. The van der Waals surface area contributed by atoms with E-state index in [1.807, 2.05) is 0 Å². The molecular formula is C30H47O12S3-3. The smallest absolute Gasteiger partial charge is 0.217 e. The van der Waals surface area contributed by atoms with E-state index in [-0.39, 0.29) is 35.0 Å². The first kappa shape index (κ1) is 36.9. The zero-order chi connectivity index (χ0) is 34.2. The molecule has 10 atom stereocenters. The second-order valence-corrected chi connectivity index (χ2v) is 18.6. The van der Waals surface area contributed by atoms with Crippen LogP contribution in [0.25, 0.3) is 0 Å². The van der Waals surface area contributed by atoms with Crippen molar-refractivity contribution in [1.82, 2.24) is 0 Å². The highest BCUT2D eigenvalue weighted by molar-refractivity contribution is 7.81. The van der Waals surface area contributed by atoms with Crippen molar-refractivity contribution in [3.63, 3.8) is 0 Å². The molecule has 3 fully saturated rings. The summed E-state index contributed by atoms with van der Waals surface area (Å²) in [7, 11) is -15.9. The van der Waals surface area contributed by atoms with E-state index < -0.39 is 67.3 Å². The Bertz CT molecular complexity index is 1530. The Kier molecular flexibility index (Phi) is 9.76. The topological polar surface area (TPSA) is 199 Å². The van der Waals surface area contributed by atoms with Crippen molar-refractivity contribution >= 4 is 31.2 Å². The molecule has 45 heavy (non-hydrogen) atoms. The van der Waals surface area contributed by atoms with Crippen LogP contribution in [-0.2, 0) is 43.7 Å². The molecule has 0 aliphatic heterocycles. The van der Waals surface area contributed by atoms with Gasteiger partial charge in [-0.15, -0.1) is 0 Å². The van der Waals surface area contributed by atoms with Gasteiger partial charge in [-0.05, 0) is 96.7 Å². The summed E-state index contributed by atoms with van der Waals surface area (Å²) in [6.45, 7) is 19.2. The van der Waals surface area contributed by atoms with Gasteiger partial charge in [-0.25, -0.2) is 25.3 Å². The van der Waals surface area contributed by atoms with Crippen molar-refractivity contribution in [3.05, 3.63) is 23.8 Å². The lowest BCUT2D eigenvalue weighted by atomic mass is 9.43. The quantitative estimate of drug-likeness (QED) is 0.173. The molecule has 0 unspecified atom stereocenters. The fraction of sp³-hybridized carbons (Fsp3) is 0.867. The molecule has 4 aliphatic carbocycles. The molecule has 3 saturated carbocycles. The molecule has 260 valence electrons. The lowest BCUT2D eigenvalue weighted by Gasteiger charge is -2.63. The molecule has 0 aromatic carbocycles. The van der Waals surface area contributed by atoms with E-state index in [9.17, 15) is 38.9 Å². The number of hydrogen-bond acceptors (Lipinski definition) is 12.